The number of aromatic carboxylic acids is 1. The van der Waals surface area contributed by atoms with Crippen LogP contribution < -0.4 is 10.6 Å². The predicted molar refractivity (Wildman–Crippen MR) is 74.1 cm³/mol. The van der Waals surface area contributed by atoms with Crippen molar-refractivity contribution in [1.82, 2.24) is 5.32 Å². The number of nitrogens with one attached hydrogen (secondary N) is 2. The van der Waals surface area contributed by atoms with Gasteiger partial charge in [-0.3, -0.25) is 0 Å². The highest BCUT2D eigenvalue weighted by atomic mass is 16.5. The molecule has 3 N–H and O–H groups in total. The van der Waals surface area contributed by atoms with Gasteiger partial charge in [0.15, 0.2) is 0 Å². The lowest BCUT2D eigenvalue weighted by Crippen LogP contribution is -2.41. The third kappa shape index (κ3) is 3.71. The number of carbonyl (C=O) groups is 2. The minimum atomic E-state index is -1.06. The van der Waals surface area contributed by atoms with Crippen LogP contribution >= 0.6 is 0 Å². The molecule has 1 heterocycles. The molecule has 6 heteroatoms. The van der Waals surface area contributed by atoms with Crippen molar-refractivity contribution < 1.29 is 19.4 Å². The molecule has 0 saturated carbocycles. The molecule has 2 rings (SSSR count). The highest BCUT2D eigenvalue weighted by Crippen LogP contribution is 2.17. The zero-order valence-electron chi connectivity index (χ0n) is 11.3. The summed E-state index contributed by atoms with van der Waals surface area (Å²) in [5.74, 6) is -1.06. The van der Waals surface area contributed by atoms with Crippen molar-refractivity contribution in [3.05, 3.63) is 29.3 Å². The Morgan fingerprint density at radius 1 is 1.30 bits per heavy atom. The Morgan fingerprint density at radius 2 is 2.00 bits per heavy atom. The maximum Gasteiger partial charge on any atom is 0.337 e. The summed E-state index contributed by atoms with van der Waals surface area (Å²) in [6.45, 7) is 3.07. The van der Waals surface area contributed by atoms with Crippen molar-refractivity contribution in [3.8, 4) is 0 Å². The lowest BCUT2D eigenvalue weighted by atomic mass is 10.1. The third-order valence-electron chi connectivity index (χ3n) is 3.21. The maximum atomic E-state index is 11.9. The van der Waals surface area contributed by atoms with Crippen LogP contribution in [0.5, 0.6) is 0 Å². The number of anilines is 1. The van der Waals surface area contributed by atoms with E-state index in [1.165, 1.54) is 6.07 Å². The molecule has 108 valence electrons. The number of carboxylic acids is 1. The summed E-state index contributed by atoms with van der Waals surface area (Å²) < 4.78 is 5.21. The first-order chi connectivity index (χ1) is 9.56. The summed E-state index contributed by atoms with van der Waals surface area (Å²) in [7, 11) is 0. The summed E-state index contributed by atoms with van der Waals surface area (Å²) in [6, 6.07) is 4.58. The van der Waals surface area contributed by atoms with Crippen LogP contribution in [0.4, 0.5) is 10.5 Å². The second-order valence-corrected chi connectivity index (χ2v) is 4.84. The number of aryl methyl sites for hydroxylation is 1. The number of rotatable bonds is 3. The second kappa shape index (κ2) is 6.38. The van der Waals surface area contributed by atoms with E-state index in [4.69, 9.17) is 9.84 Å². The first-order valence-electron chi connectivity index (χ1n) is 6.55. The topological polar surface area (TPSA) is 87.7 Å². The number of ether oxygens (including phenoxy) is 1. The molecule has 1 aromatic rings. The van der Waals surface area contributed by atoms with Gasteiger partial charge in [0.05, 0.1) is 11.3 Å². The Balaban J connectivity index is 2.01. The highest BCUT2D eigenvalue weighted by Gasteiger charge is 2.17. The number of benzene rings is 1. The van der Waals surface area contributed by atoms with Crippen molar-refractivity contribution in [1.29, 1.82) is 0 Å². The summed E-state index contributed by atoms with van der Waals surface area (Å²) in [5.41, 5.74) is 1.22. The average Bonchev–Trinajstić information content (AvgIpc) is 2.41. The standard InChI is InChI=1S/C14H18N2O4/c1-9-2-3-12(11(8-9)13(17)18)16-14(19)15-10-4-6-20-7-5-10/h2-3,8,10H,4-7H2,1H3,(H,17,18)(H2,15,16,19). The van der Waals surface area contributed by atoms with E-state index in [1.54, 1.807) is 19.1 Å². The molecule has 2 amide bonds. The number of urea groups is 1. The Morgan fingerprint density at radius 3 is 2.65 bits per heavy atom. The minimum absolute atomic E-state index is 0.0717. The molecule has 0 unspecified atom stereocenters. The van der Waals surface area contributed by atoms with E-state index >= 15 is 0 Å². The molecule has 1 aromatic carbocycles. The van der Waals surface area contributed by atoms with Crippen LogP contribution in [-0.2, 0) is 4.74 Å². The number of carbonyl (C=O) groups excluding carboxylic acids is 1. The van der Waals surface area contributed by atoms with Crippen molar-refractivity contribution in [2.75, 3.05) is 18.5 Å². The summed E-state index contributed by atoms with van der Waals surface area (Å²) in [4.78, 5) is 23.0. The van der Waals surface area contributed by atoms with E-state index in [0.717, 1.165) is 18.4 Å². The molecule has 1 aliphatic rings. The molecular weight excluding hydrogens is 260 g/mol. The number of hydrogen-bond acceptors (Lipinski definition) is 3. The fourth-order valence-electron chi connectivity index (χ4n) is 2.13. The third-order valence-corrected chi connectivity index (χ3v) is 3.21. The van der Waals surface area contributed by atoms with Crippen molar-refractivity contribution in [2.24, 2.45) is 0 Å². The van der Waals surface area contributed by atoms with Crippen LogP contribution in [0, 0.1) is 6.92 Å². The summed E-state index contributed by atoms with van der Waals surface area (Å²) in [5, 5.41) is 14.6. The first kappa shape index (κ1) is 14.3. The molecule has 1 aliphatic heterocycles. The van der Waals surface area contributed by atoms with Crippen molar-refractivity contribution in [2.45, 2.75) is 25.8 Å². The lowest BCUT2D eigenvalue weighted by molar-refractivity contribution is 0.0698. The van der Waals surface area contributed by atoms with Crippen molar-refractivity contribution >= 4 is 17.7 Å². The molecule has 6 nitrogen and oxygen atoms in total. The molecule has 0 aromatic heterocycles. The van der Waals surface area contributed by atoms with Crippen LogP contribution in [0.25, 0.3) is 0 Å². The molecule has 0 atom stereocenters. The lowest BCUT2D eigenvalue weighted by Gasteiger charge is -2.23. The van der Waals surface area contributed by atoms with Crippen LogP contribution in [0.2, 0.25) is 0 Å². The zero-order chi connectivity index (χ0) is 14.5. The minimum Gasteiger partial charge on any atom is -0.478 e. The van der Waals surface area contributed by atoms with Crippen LogP contribution in [0.1, 0.15) is 28.8 Å². The molecule has 0 spiro atoms. The quantitative estimate of drug-likeness (QED) is 0.789. The predicted octanol–water partition coefficient (Wildman–Crippen LogP) is 1.99. The van der Waals surface area contributed by atoms with Gasteiger partial charge < -0.3 is 20.5 Å². The monoisotopic (exact) mass is 278 g/mol. The number of hydrogen-bond donors (Lipinski definition) is 3. The Labute approximate surface area is 117 Å². The Kier molecular flexibility index (Phi) is 4.57. The van der Waals surface area contributed by atoms with Gasteiger partial charge in [0, 0.05) is 19.3 Å². The van der Waals surface area contributed by atoms with E-state index in [0.29, 0.717) is 18.9 Å². The van der Waals surface area contributed by atoms with Gasteiger partial charge in [-0.15, -0.1) is 0 Å². The van der Waals surface area contributed by atoms with Gasteiger partial charge in [-0.2, -0.15) is 0 Å². The molecule has 1 saturated heterocycles. The van der Waals surface area contributed by atoms with Gasteiger partial charge in [-0.05, 0) is 31.9 Å². The average molecular weight is 278 g/mol. The molecule has 20 heavy (non-hydrogen) atoms. The molecular formula is C14H18N2O4. The summed E-state index contributed by atoms with van der Waals surface area (Å²) >= 11 is 0. The maximum absolute atomic E-state index is 11.9. The van der Waals surface area contributed by atoms with Gasteiger partial charge in [0.2, 0.25) is 0 Å². The fourth-order valence-corrected chi connectivity index (χ4v) is 2.13. The zero-order valence-corrected chi connectivity index (χ0v) is 11.3. The normalized spacial score (nSPS) is 15.7. The number of amides is 2. The van der Waals surface area contributed by atoms with E-state index in [2.05, 4.69) is 10.6 Å². The summed E-state index contributed by atoms with van der Waals surface area (Å²) in [6.07, 6.45) is 1.54. The number of carboxylic acid groups (broad SMARTS) is 1. The van der Waals surface area contributed by atoms with Crippen molar-refractivity contribution in [3.63, 3.8) is 0 Å². The molecule has 0 radical (unpaired) electrons. The van der Waals surface area contributed by atoms with Gasteiger partial charge in [-0.25, -0.2) is 9.59 Å². The van der Waals surface area contributed by atoms with Crippen LogP contribution in [0.15, 0.2) is 18.2 Å². The largest absolute Gasteiger partial charge is 0.478 e. The highest BCUT2D eigenvalue weighted by molar-refractivity contribution is 6.00. The van der Waals surface area contributed by atoms with Gasteiger partial charge in [0.25, 0.3) is 0 Å². The van der Waals surface area contributed by atoms with E-state index < -0.39 is 5.97 Å². The SMILES string of the molecule is Cc1ccc(NC(=O)NC2CCOCC2)c(C(=O)O)c1. The van der Waals surface area contributed by atoms with Gasteiger partial charge >= 0.3 is 12.0 Å². The molecule has 0 aliphatic carbocycles. The Bertz CT molecular complexity index is 510. The van der Waals surface area contributed by atoms with E-state index in [-0.39, 0.29) is 17.6 Å². The molecule has 0 bridgehead atoms. The fraction of sp³-hybridized carbons (Fsp3) is 0.429. The van der Waals surface area contributed by atoms with Gasteiger partial charge in [-0.1, -0.05) is 11.6 Å². The smallest absolute Gasteiger partial charge is 0.337 e. The Hall–Kier alpha value is -2.08. The second-order valence-electron chi connectivity index (χ2n) is 4.84. The van der Waals surface area contributed by atoms with Crippen LogP contribution in [0.3, 0.4) is 0 Å². The van der Waals surface area contributed by atoms with E-state index in [1.807, 2.05) is 0 Å². The van der Waals surface area contributed by atoms with E-state index in [9.17, 15) is 9.59 Å². The van der Waals surface area contributed by atoms with Crippen LogP contribution in [-0.4, -0.2) is 36.4 Å². The first-order valence-corrected chi connectivity index (χ1v) is 6.55. The molecule has 1 fully saturated rings. The van der Waals surface area contributed by atoms with Gasteiger partial charge in [0.1, 0.15) is 0 Å².